The fourth-order valence-electron chi connectivity index (χ4n) is 3.56. The molecule has 1 amide bonds. The number of hydrogen-bond donors (Lipinski definition) is 3. The smallest absolute Gasteiger partial charge is 0.329 e. The molecule has 7 heteroatoms. The van der Waals surface area contributed by atoms with E-state index in [1.165, 1.54) is 0 Å². The van der Waals surface area contributed by atoms with Crippen LogP contribution >= 0.6 is 15.9 Å². The van der Waals surface area contributed by atoms with E-state index in [2.05, 4.69) is 21.2 Å². The van der Waals surface area contributed by atoms with E-state index in [1.54, 1.807) is 25.1 Å². The van der Waals surface area contributed by atoms with Gasteiger partial charge in [0.15, 0.2) is 0 Å². The third kappa shape index (κ3) is 3.25. The van der Waals surface area contributed by atoms with E-state index in [1.807, 2.05) is 0 Å². The van der Waals surface area contributed by atoms with Gasteiger partial charge in [-0.15, -0.1) is 0 Å². The van der Waals surface area contributed by atoms with Crippen LogP contribution in [0.3, 0.4) is 0 Å². The van der Waals surface area contributed by atoms with Gasteiger partial charge < -0.3 is 20.6 Å². The lowest BCUT2D eigenvalue weighted by molar-refractivity contribution is -0.146. The zero-order chi connectivity index (χ0) is 18.2. The second-order valence-corrected chi connectivity index (χ2v) is 7.70. The number of furan rings is 1. The average molecular weight is 409 g/mol. The Labute approximate surface area is 153 Å². The van der Waals surface area contributed by atoms with E-state index in [4.69, 9.17) is 10.2 Å². The summed E-state index contributed by atoms with van der Waals surface area (Å²) in [5.74, 6) is -1.79. The average Bonchev–Trinajstić information content (AvgIpc) is 2.91. The quantitative estimate of drug-likeness (QED) is 0.710. The molecule has 1 aliphatic carbocycles. The number of carbonyl (C=O) groups is 2. The highest BCUT2D eigenvalue weighted by molar-refractivity contribution is 9.10. The molecule has 0 radical (unpaired) electrons. The third-order valence-electron chi connectivity index (χ3n) is 5.14. The van der Waals surface area contributed by atoms with Crippen molar-refractivity contribution in [2.45, 2.75) is 44.6 Å². The summed E-state index contributed by atoms with van der Waals surface area (Å²) >= 11 is 3.34. The molecule has 0 spiro atoms. The molecule has 6 nitrogen and oxygen atoms in total. The normalized spacial score (nSPS) is 18.0. The van der Waals surface area contributed by atoms with Gasteiger partial charge in [-0.1, -0.05) is 35.2 Å². The van der Waals surface area contributed by atoms with E-state index in [0.717, 1.165) is 36.6 Å². The summed E-state index contributed by atoms with van der Waals surface area (Å²) in [6, 6.07) is 5.28. The molecule has 0 saturated heterocycles. The number of fused-ring (bicyclic) bond motifs is 1. The summed E-state index contributed by atoms with van der Waals surface area (Å²) in [4.78, 5) is 24.6. The fraction of sp³-hybridized carbons (Fsp3) is 0.444. The monoisotopic (exact) mass is 408 g/mol. The lowest BCUT2D eigenvalue weighted by atomic mass is 9.75. The number of hydrogen-bond acceptors (Lipinski definition) is 4. The first-order valence-electron chi connectivity index (χ1n) is 8.36. The molecular formula is C18H21BrN2O4. The zero-order valence-corrected chi connectivity index (χ0v) is 15.6. The first kappa shape index (κ1) is 17.8. The highest BCUT2D eigenvalue weighted by Gasteiger charge is 2.44. The van der Waals surface area contributed by atoms with Crippen molar-refractivity contribution in [3.05, 3.63) is 28.4 Å². The molecule has 25 heavy (non-hydrogen) atoms. The number of amides is 1. The van der Waals surface area contributed by atoms with Gasteiger partial charge in [-0.05, 0) is 43.9 Å². The van der Waals surface area contributed by atoms with Gasteiger partial charge in [-0.3, -0.25) is 4.79 Å². The number of carboxylic acid groups (broad SMARTS) is 1. The summed E-state index contributed by atoms with van der Waals surface area (Å²) < 4.78 is 6.40. The van der Waals surface area contributed by atoms with Crippen LogP contribution < -0.4 is 11.1 Å². The van der Waals surface area contributed by atoms with E-state index in [-0.39, 0.29) is 17.4 Å². The summed E-state index contributed by atoms with van der Waals surface area (Å²) in [6.07, 6.45) is 4.62. The van der Waals surface area contributed by atoms with Gasteiger partial charge in [0.25, 0.3) is 5.91 Å². The first-order valence-corrected chi connectivity index (χ1v) is 9.15. The molecular weight excluding hydrogens is 388 g/mol. The summed E-state index contributed by atoms with van der Waals surface area (Å²) in [7, 11) is 0. The van der Waals surface area contributed by atoms with Gasteiger partial charge in [0.05, 0.1) is 5.69 Å². The Balaban J connectivity index is 1.91. The predicted octanol–water partition coefficient (Wildman–Crippen LogP) is 3.93. The summed E-state index contributed by atoms with van der Waals surface area (Å²) in [6.45, 7) is 1.57. The minimum atomic E-state index is -1.34. The van der Waals surface area contributed by atoms with E-state index < -0.39 is 17.4 Å². The molecule has 4 N–H and O–H groups in total. The number of nitrogens with two attached hydrogens (primary N) is 1. The molecule has 3 rings (SSSR count). The van der Waals surface area contributed by atoms with Crippen LogP contribution in [0.1, 0.15) is 49.6 Å². The molecule has 1 aliphatic rings. The number of aliphatic carboxylic acids is 1. The minimum Gasteiger partial charge on any atom is -0.480 e. The number of carboxylic acids is 1. The van der Waals surface area contributed by atoms with Crippen LogP contribution in [0, 0.1) is 5.92 Å². The minimum absolute atomic E-state index is 0.0450. The Morgan fingerprint density at radius 3 is 2.64 bits per heavy atom. The number of carbonyl (C=O) groups excluding carboxylic acids is 1. The van der Waals surface area contributed by atoms with Gasteiger partial charge in [-0.25, -0.2) is 4.79 Å². The molecule has 134 valence electrons. The predicted molar refractivity (Wildman–Crippen MR) is 98.4 cm³/mol. The molecule has 0 bridgehead atoms. The zero-order valence-electron chi connectivity index (χ0n) is 14.0. The molecule has 1 saturated carbocycles. The van der Waals surface area contributed by atoms with Gasteiger partial charge in [-0.2, -0.15) is 0 Å². The Hall–Kier alpha value is -2.02. The molecule has 0 unspecified atom stereocenters. The van der Waals surface area contributed by atoms with E-state index >= 15 is 0 Å². The molecule has 0 aliphatic heterocycles. The second-order valence-electron chi connectivity index (χ2n) is 6.78. The van der Waals surface area contributed by atoms with Gasteiger partial charge in [0, 0.05) is 9.86 Å². The van der Waals surface area contributed by atoms with Crippen LogP contribution in [-0.4, -0.2) is 22.5 Å². The van der Waals surface area contributed by atoms with Crippen LogP contribution in [-0.2, 0) is 4.79 Å². The Kier molecular flexibility index (Phi) is 4.77. The highest BCUT2D eigenvalue weighted by atomic mass is 79.9. The van der Waals surface area contributed by atoms with Crippen LogP contribution in [0.25, 0.3) is 11.0 Å². The van der Waals surface area contributed by atoms with Crippen molar-refractivity contribution in [2.24, 2.45) is 5.92 Å². The molecule has 1 aromatic carbocycles. The number of anilines is 1. The van der Waals surface area contributed by atoms with E-state index in [0.29, 0.717) is 11.0 Å². The molecule has 1 fully saturated rings. The number of nitrogen functional groups attached to an aromatic ring is 1. The van der Waals surface area contributed by atoms with Gasteiger partial charge in [0.1, 0.15) is 11.1 Å². The SMILES string of the molecule is C[C@@](NC(=O)c1oc2cc(Br)ccc2c1N)(C(=O)O)C1CCCCC1. The topological polar surface area (TPSA) is 106 Å². The number of nitrogens with one attached hydrogen (secondary N) is 1. The maximum absolute atomic E-state index is 12.7. The fourth-order valence-corrected chi connectivity index (χ4v) is 3.90. The lowest BCUT2D eigenvalue weighted by Gasteiger charge is -2.36. The van der Waals surface area contributed by atoms with Crippen molar-refractivity contribution in [3.8, 4) is 0 Å². The Bertz CT molecular complexity index is 826. The van der Waals surface area contributed by atoms with Crippen LogP contribution in [0.4, 0.5) is 5.69 Å². The maximum atomic E-state index is 12.7. The summed E-state index contributed by atoms with van der Waals surface area (Å²) in [5, 5.41) is 13.0. The number of rotatable bonds is 4. The maximum Gasteiger partial charge on any atom is 0.329 e. The van der Waals surface area contributed by atoms with E-state index in [9.17, 15) is 14.7 Å². The van der Waals surface area contributed by atoms with Gasteiger partial charge >= 0.3 is 5.97 Å². The van der Waals surface area contributed by atoms with Crippen molar-refractivity contribution in [1.82, 2.24) is 5.32 Å². The Morgan fingerprint density at radius 2 is 2.00 bits per heavy atom. The van der Waals surface area contributed by atoms with Crippen molar-refractivity contribution in [3.63, 3.8) is 0 Å². The molecule has 2 aromatic rings. The lowest BCUT2D eigenvalue weighted by Crippen LogP contribution is -2.57. The van der Waals surface area contributed by atoms with Crippen LogP contribution in [0.5, 0.6) is 0 Å². The highest BCUT2D eigenvalue weighted by Crippen LogP contribution is 2.35. The summed E-state index contributed by atoms with van der Waals surface area (Å²) in [5.41, 5.74) is 5.40. The van der Waals surface area contributed by atoms with Gasteiger partial charge in [0.2, 0.25) is 5.76 Å². The number of halogens is 1. The number of benzene rings is 1. The largest absolute Gasteiger partial charge is 0.480 e. The van der Waals surface area contributed by atoms with Crippen LogP contribution in [0.15, 0.2) is 27.1 Å². The van der Waals surface area contributed by atoms with Crippen molar-refractivity contribution in [2.75, 3.05) is 5.73 Å². The Morgan fingerprint density at radius 1 is 1.32 bits per heavy atom. The standard InChI is InChI=1S/C18H21BrN2O4/c1-18(17(23)24,10-5-3-2-4-6-10)21-16(22)15-14(20)12-8-7-11(19)9-13(12)25-15/h7-10H,2-6,20H2,1H3,(H,21,22)(H,23,24)/t18-/m0/s1. The second kappa shape index (κ2) is 6.71. The van der Waals surface area contributed by atoms with Crippen molar-refractivity contribution < 1.29 is 19.1 Å². The van der Waals surface area contributed by atoms with Crippen LogP contribution in [0.2, 0.25) is 0 Å². The van der Waals surface area contributed by atoms with Crippen molar-refractivity contribution >= 4 is 44.5 Å². The first-order chi connectivity index (χ1) is 11.8. The molecule has 1 atom stereocenters. The third-order valence-corrected chi connectivity index (χ3v) is 5.63. The molecule has 1 heterocycles. The molecule has 1 aromatic heterocycles. The van der Waals surface area contributed by atoms with Crippen molar-refractivity contribution in [1.29, 1.82) is 0 Å².